The summed E-state index contributed by atoms with van der Waals surface area (Å²) in [6, 6.07) is 8.13. The van der Waals surface area contributed by atoms with Crippen LogP contribution in [-0.2, 0) is 0 Å². The van der Waals surface area contributed by atoms with E-state index in [0.717, 1.165) is 12.0 Å². The summed E-state index contributed by atoms with van der Waals surface area (Å²) in [5.74, 6) is 1.42. The van der Waals surface area contributed by atoms with Gasteiger partial charge in [0.05, 0.1) is 20.3 Å². The Hall–Kier alpha value is -1.73. The van der Waals surface area contributed by atoms with Crippen molar-refractivity contribution in [2.75, 3.05) is 21.3 Å². The van der Waals surface area contributed by atoms with Gasteiger partial charge in [-0.05, 0) is 31.2 Å². The number of hydrogen-bond acceptors (Lipinski definition) is 4. The highest BCUT2D eigenvalue weighted by atomic mass is 16.5. The summed E-state index contributed by atoms with van der Waals surface area (Å²) in [7, 11) is 5.12. The number of rotatable bonds is 6. The van der Waals surface area contributed by atoms with Crippen molar-refractivity contribution in [2.24, 2.45) is 0 Å². The molecule has 0 aliphatic carbocycles. The van der Waals surface area contributed by atoms with E-state index in [1.54, 1.807) is 14.2 Å². The Morgan fingerprint density at radius 1 is 1.29 bits per heavy atom. The predicted molar refractivity (Wildman–Crippen MR) is 66.2 cm³/mol. The van der Waals surface area contributed by atoms with Crippen molar-refractivity contribution in [1.29, 1.82) is 5.26 Å². The van der Waals surface area contributed by atoms with Crippen molar-refractivity contribution in [3.05, 3.63) is 23.8 Å². The molecule has 92 valence electrons. The maximum atomic E-state index is 8.62. The van der Waals surface area contributed by atoms with Gasteiger partial charge in [-0.25, -0.2) is 0 Å². The lowest BCUT2D eigenvalue weighted by atomic mass is 10.0. The molecule has 0 radical (unpaired) electrons. The van der Waals surface area contributed by atoms with Crippen LogP contribution >= 0.6 is 0 Å². The van der Waals surface area contributed by atoms with Crippen LogP contribution in [0.25, 0.3) is 0 Å². The van der Waals surface area contributed by atoms with Gasteiger partial charge < -0.3 is 14.8 Å². The second-order valence-electron chi connectivity index (χ2n) is 3.65. The molecule has 1 atom stereocenters. The molecule has 0 heterocycles. The van der Waals surface area contributed by atoms with E-state index < -0.39 is 0 Å². The summed E-state index contributed by atoms with van der Waals surface area (Å²) in [5, 5.41) is 11.8. The first kappa shape index (κ1) is 13.3. The number of nitrogens with one attached hydrogen (secondary N) is 1. The Morgan fingerprint density at radius 2 is 2.00 bits per heavy atom. The van der Waals surface area contributed by atoms with Gasteiger partial charge in [-0.3, -0.25) is 0 Å². The van der Waals surface area contributed by atoms with Crippen LogP contribution in [0.5, 0.6) is 11.5 Å². The van der Waals surface area contributed by atoms with Crippen molar-refractivity contribution in [2.45, 2.75) is 18.9 Å². The topological polar surface area (TPSA) is 54.3 Å². The highest BCUT2D eigenvalue weighted by Gasteiger charge is 2.12. The fourth-order valence-electron chi connectivity index (χ4n) is 1.76. The molecule has 17 heavy (non-hydrogen) atoms. The minimum Gasteiger partial charge on any atom is -0.493 e. The van der Waals surface area contributed by atoms with E-state index in [4.69, 9.17) is 14.7 Å². The number of benzene rings is 1. The number of ether oxygens (including phenoxy) is 2. The molecule has 1 unspecified atom stereocenters. The van der Waals surface area contributed by atoms with E-state index in [9.17, 15) is 0 Å². The summed E-state index contributed by atoms with van der Waals surface area (Å²) in [5.41, 5.74) is 1.10. The molecule has 4 heteroatoms. The zero-order valence-corrected chi connectivity index (χ0v) is 10.5. The second-order valence-corrected chi connectivity index (χ2v) is 3.65. The van der Waals surface area contributed by atoms with Gasteiger partial charge in [-0.15, -0.1) is 0 Å². The molecule has 4 nitrogen and oxygen atoms in total. The van der Waals surface area contributed by atoms with Crippen molar-refractivity contribution in [3.8, 4) is 17.6 Å². The molecule has 0 aromatic heterocycles. The van der Waals surface area contributed by atoms with E-state index >= 15 is 0 Å². The van der Waals surface area contributed by atoms with E-state index in [1.165, 1.54) is 0 Å². The third-order valence-corrected chi connectivity index (χ3v) is 2.70. The lowest BCUT2D eigenvalue weighted by molar-refractivity contribution is 0.354. The first-order valence-corrected chi connectivity index (χ1v) is 5.53. The Kier molecular flexibility index (Phi) is 5.31. The van der Waals surface area contributed by atoms with Crippen LogP contribution in [-0.4, -0.2) is 21.3 Å². The van der Waals surface area contributed by atoms with E-state index in [-0.39, 0.29) is 6.04 Å². The number of nitrogens with zero attached hydrogens (tertiary/aromatic N) is 1. The molecule has 0 amide bonds. The molecule has 0 aliphatic heterocycles. The van der Waals surface area contributed by atoms with E-state index in [1.807, 2.05) is 25.2 Å². The van der Waals surface area contributed by atoms with Crippen LogP contribution in [0.4, 0.5) is 0 Å². The van der Waals surface area contributed by atoms with Crippen molar-refractivity contribution in [3.63, 3.8) is 0 Å². The Labute approximate surface area is 102 Å². The van der Waals surface area contributed by atoms with Crippen LogP contribution < -0.4 is 14.8 Å². The average molecular weight is 234 g/mol. The molecule has 0 spiro atoms. The fraction of sp³-hybridized carbons (Fsp3) is 0.462. The standard InChI is InChI=1S/C13H18N2O2/c1-15-11(5-4-8-14)10-6-7-12(16-2)13(9-10)17-3/h6-7,9,11,15H,4-5H2,1-3H3. The highest BCUT2D eigenvalue weighted by molar-refractivity contribution is 5.43. The van der Waals surface area contributed by atoms with Crippen LogP contribution in [0.2, 0.25) is 0 Å². The van der Waals surface area contributed by atoms with Gasteiger partial charge in [-0.1, -0.05) is 6.07 Å². The van der Waals surface area contributed by atoms with E-state index in [2.05, 4.69) is 11.4 Å². The summed E-state index contributed by atoms with van der Waals surface area (Å²) >= 11 is 0. The second kappa shape index (κ2) is 6.77. The van der Waals surface area contributed by atoms with Gasteiger partial charge in [0.1, 0.15) is 0 Å². The van der Waals surface area contributed by atoms with Gasteiger partial charge in [0.2, 0.25) is 0 Å². The Bertz CT molecular complexity index is 399. The van der Waals surface area contributed by atoms with E-state index in [0.29, 0.717) is 17.9 Å². The largest absolute Gasteiger partial charge is 0.493 e. The SMILES string of the molecule is CNC(CCC#N)c1ccc(OC)c(OC)c1. The third-order valence-electron chi connectivity index (χ3n) is 2.70. The third kappa shape index (κ3) is 3.36. The monoisotopic (exact) mass is 234 g/mol. The highest BCUT2D eigenvalue weighted by Crippen LogP contribution is 2.30. The quantitative estimate of drug-likeness (QED) is 0.820. The van der Waals surface area contributed by atoms with Gasteiger partial charge >= 0.3 is 0 Å². The summed E-state index contributed by atoms with van der Waals surface area (Å²) < 4.78 is 10.4. The molecule has 0 saturated carbocycles. The maximum Gasteiger partial charge on any atom is 0.161 e. The van der Waals surface area contributed by atoms with Crippen LogP contribution in [0.3, 0.4) is 0 Å². The molecule has 0 saturated heterocycles. The average Bonchev–Trinajstić information content (AvgIpc) is 2.39. The van der Waals surface area contributed by atoms with Crippen LogP contribution in [0.1, 0.15) is 24.4 Å². The molecule has 0 aliphatic rings. The lowest BCUT2D eigenvalue weighted by Gasteiger charge is -2.17. The molecule has 0 fully saturated rings. The summed E-state index contributed by atoms with van der Waals surface area (Å²) in [6.45, 7) is 0. The molecule has 1 N–H and O–H groups in total. The number of nitriles is 1. The minimum atomic E-state index is 0.162. The molecule has 1 rings (SSSR count). The number of methoxy groups -OCH3 is 2. The lowest BCUT2D eigenvalue weighted by Crippen LogP contribution is -2.16. The van der Waals surface area contributed by atoms with Crippen molar-refractivity contribution in [1.82, 2.24) is 5.32 Å². The smallest absolute Gasteiger partial charge is 0.161 e. The molecule has 1 aromatic rings. The zero-order chi connectivity index (χ0) is 12.7. The molecular formula is C13H18N2O2. The normalized spacial score (nSPS) is 11.6. The first-order valence-electron chi connectivity index (χ1n) is 5.53. The first-order chi connectivity index (χ1) is 8.26. The number of hydrogen-bond donors (Lipinski definition) is 1. The zero-order valence-electron chi connectivity index (χ0n) is 10.5. The van der Waals surface area contributed by atoms with Gasteiger partial charge in [0.15, 0.2) is 11.5 Å². The molecule has 1 aromatic carbocycles. The van der Waals surface area contributed by atoms with Crippen molar-refractivity contribution >= 4 is 0 Å². The minimum absolute atomic E-state index is 0.162. The Morgan fingerprint density at radius 3 is 2.53 bits per heavy atom. The predicted octanol–water partition coefficient (Wildman–Crippen LogP) is 2.27. The Balaban J connectivity index is 2.93. The molecular weight excluding hydrogens is 216 g/mol. The van der Waals surface area contributed by atoms with Gasteiger partial charge in [-0.2, -0.15) is 5.26 Å². The van der Waals surface area contributed by atoms with Crippen molar-refractivity contribution < 1.29 is 9.47 Å². The maximum absolute atomic E-state index is 8.62. The summed E-state index contributed by atoms with van der Waals surface area (Å²) in [6.07, 6.45) is 1.31. The fourth-order valence-corrected chi connectivity index (χ4v) is 1.76. The van der Waals surface area contributed by atoms with Crippen LogP contribution in [0, 0.1) is 11.3 Å². The van der Waals surface area contributed by atoms with Gasteiger partial charge in [0, 0.05) is 12.5 Å². The molecule has 0 bridgehead atoms. The van der Waals surface area contributed by atoms with Crippen LogP contribution in [0.15, 0.2) is 18.2 Å². The summed E-state index contributed by atoms with van der Waals surface area (Å²) in [4.78, 5) is 0. The van der Waals surface area contributed by atoms with Gasteiger partial charge in [0.25, 0.3) is 0 Å².